The topological polar surface area (TPSA) is 335 Å². The molecule has 19 nitrogen and oxygen atoms in total. The van der Waals surface area contributed by atoms with Gasteiger partial charge in [-0.15, -0.1) is 0 Å². The van der Waals surface area contributed by atoms with Crippen LogP contribution in [0, 0.1) is 0 Å². The number of primary amides is 1. The van der Waals surface area contributed by atoms with E-state index >= 15 is 0 Å². The van der Waals surface area contributed by atoms with E-state index in [1.165, 1.54) is 4.90 Å². The SMILES string of the molecule is NC(=O)[C@@H]1Cc2ccccc2CN1C(=O)[C@H](CS)NC(=O)[C@H](CCCN=C(N)N)NC(=O)[C@H](CS)NC(=O)[C@H](CCCN=C(N)N)NC(=O)[C@@H](N)Cc1ccccc1. The molecule has 316 valence electrons. The molecule has 0 unspecified atom stereocenters. The molecule has 1 aliphatic rings. The van der Waals surface area contributed by atoms with Crippen molar-refractivity contribution in [3.05, 3.63) is 71.3 Å². The van der Waals surface area contributed by atoms with Crippen molar-refractivity contribution in [2.75, 3.05) is 24.6 Å². The van der Waals surface area contributed by atoms with E-state index in [4.69, 9.17) is 34.4 Å². The molecule has 3 rings (SSSR count). The first-order chi connectivity index (χ1) is 27.6. The van der Waals surface area contributed by atoms with Gasteiger partial charge in [-0.1, -0.05) is 54.6 Å². The van der Waals surface area contributed by atoms with Crippen LogP contribution in [0.4, 0.5) is 0 Å². The van der Waals surface area contributed by atoms with Crippen molar-refractivity contribution in [2.24, 2.45) is 44.4 Å². The Morgan fingerprint density at radius 2 is 1.12 bits per heavy atom. The van der Waals surface area contributed by atoms with Crippen LogP contribution >= 0.6 is 25.3 Å². The Labute approximate surface area is 348 Å². The number of hydrogen-bond donors (Lipinski definition) is 12. The quantitative estimate of drug-likeness (QED) is 0.0244. The van der Waals surface area contributed by atoms with Gasteiger partial charge in [0.2, 0.25) is 35.4 Å². The molecule has 0 aliphatic carbocycles. The fourth-order valence-electron chi connectivity index (χ4n) is 6.19. The summed E-state index contributed by atoms with van der Waals surface area (Å²) in [6.07, 6.45) is 1.02. The van der Waals surface area contributed by atoms with Gasteiger partial charge in [0.25, 0.3) is 0 Å². The van der Waals surface area contributed by atoms with Crippen molar-refractivity contribution in [1.29, 1.82) is 0 Å². The number of carbonyl (C=O) groups excluding carboxylic acids is 6. The lowest BCUT2D eigenvalue weighted by molar-refractivity contribution is -0.143. The molecule has 0 bridgehead atoms. The van der Waals surface area contributed by atoms with Crippen LogP contribution < -0.4 is 55.7 Å². The molecule has 0 fully saturated rings. The average molecular weight is 842 g/mol. The molecule has 2 aromatic rings. The molecule has 0 spiro atoms. The van der Waals surface area contributed by atoms with Crippen molar-refractivity contribution in [3.8, 4) is 0 Å². The summed E-state index contributed by atoms with van der Waals surface area (Å²) in [5, 5.41) is 10.6. The predicted octanol–water partition coefficient (Wildman–Crippen LogP) is -3.10. The number of amides is 6. The highest BCUT2D eigenvalue weighted by Crippen LogP contribution is 2.24. The molecule has 6 amide bonds. The molecule has 1 aliphatic heterocycles. The third-order valence-corrected chi connectivity index (χ3v) is 9.99. The minimum absolute atomic E-state index is 0.0127. The molecule has 0 radical (unpaired) electrons. The van der Waals surface area contributed by atoms with E-state index in [-0.39, 0.29) is 81.6 Å². The van der Waals surface area contributed by atoms with Crippen molar-refractivity contribution in [1.82, 2.24) is 26.2 Å². The third kappa shape index (κ3) is 14.8. The number of rotatable bonds is 22. The number of thiol groups is 2. The van der Waals surface area contributed by atoms with Gasteiger partial charge in [-0.25, -0.2) is 0 Å². The van der Waals surface area contributed by atoms with Gasteiger partial charge in [0.1, 0.15) is 30.2 Å². The van der Waals surface area contributed by atoms with Crippen molar-refractivity contribution >= 4 is 72.6 Å². The highest BCUT2D eigenvalue weighted by atomic mass is 32.1. The number of nitrogens with zero attached hydrogens (tertiary/aromatic N) is 3. The van der Waals surface area contributed by atoms with Crippen LogP contribution in [0.3, 0.4) is 0 Å². The number of benzene rings is 2. The van der Waals surface area contributed by atoms with E-state index in [0.717, 1.165) is 16.7 Å². The van der Waals surface area contributed by atoms with Crippen molar-refractivity contribution in [3.63, 3.8) is 0 Å². The van der Waals surface area contributed by atoms with Gasteiger partial charge in [0, 0.05) is 37.6 Å². The first-order valence-corrected chi connectivity index (χ1v) is 19.9. The van der Waals surface area contributed by atoms with Gasteiger partial charge in [0.15, 0.2) is 11.9 Å². The van der Waals surface area contributed by atoms with Crippen LogP contribution in [0.1, 0.15) is 42.4 Å². The van der Waals surface area contributed by atoms with E-state index < -0.39 is 71.7 Å². The average Bonchev–Trinajstić information content (AvgIpc) is 3.20. The number of nitrogens with two attached hydrogens (primary N) is 6. The van der Waals surface area contributed by atoms with Crippen molar-refractivity contribution in [2.45, 2.75) is 81.3 Å². The second-order valence-electron chi connectivity index (χ2n) is 13.7. The Bertz CT molecular complexity index is 1790. The second kappa shape index (κ2) is 23.6. The fraction of sp³-hybridized carbons (Fsp3) is 0.459. The Balaban J connectivity index is 1.76. The first kappa shape index (κ1) is 46.8. The maximum Gasteiger partial charge on any atom is 0.246 e. The Hall–Kier alpha value is -5.54. The molecule has 0 aromatic heterocycles. The summed E-state index contributed by atoms with van der Waals surface area (Å²) in [5.74, 6) is -4.82. The van der Waals surface area contributed by atoms with Gasteiger partial charge in [-0.2, -0.15) is 25.3 Å². The lowest BCUT2D eigenvalue weighted by atomic mass is 9.93. The summed E-state index contributed by atoms with van der Waals surface area (Å²) in [4.78, 5) is 89.8. The van der Waals surface area contributed by atoms with E-state index in [1.54, 1.807) is 0 Å². The number of fused-ring (bicyclic) bond motifs is 1. The van der Waals surface area contributed by atoms with E-state index in [1.807, 2.05) is 54.6 Å². The number of hydrogen-bond acceptors (Lipinski definition) is 11. The highest BCUT2D eigenvalue weighted by molar-refractivity contribution is 7.80. The normalized spacial score (nSPS) is 15.8. The van der Waals surface area contributed by atoms with Gasteiger partial charge >= 0.3 is 0 Å². The number of aliphatic imine (C=N–C) groups is 2. The zero-order valence-corrected chi connectivity index (χ0v) is 33.9. The van der Waals surface area contributed by atoms with E-state index in [2.05, 4.69) is 56.5 Å². The molecule has 0 saturated carbocycles. The summed E-state index contributed by atoms with van der Waals surface area (Å²) < 4.78 is 0. The standard InChI is InChI=1S/C37H55N13O6S2/c38-24(16-21-8-2-1-3-9-21)31(52)46-25(12-6-14-44-36(40)41)32(53)48-27(19-57)34(55)47-26(13-7-15-45-37(42)43)33(54)49-28(20-58)35(56)50-18-23-11-5-4-10-22(23)17-29(50)30(39)51/h1-5,8-11,24-29,57-58H,6-7,12-20,38H2,(H2,39,51)(H,46,52)(H,47,55)(H,48,53)(H,49,54)(H4,40,41,44)(H4,42,43,45)/t24-,25-,26-,27-,28-,29-/m0/s1. The third-order valence-electron chi connectivity index (χ3n) is 9.26. The number of carbonyl (C=O) groups is 6. The molecule has 58 heavy (non-hydrogen) atoms. The molecule has 1 heterocycles. The first-order valence-electron chi connectivity index (χ1n) is 18.6. The maximum absolute atomic E-state index is 13.9. The molecule has 16 N–H and O–H groups in total. The summed E-state index contributed by atoms with van der Waals surface area (Å²) >= 11 is 8.59. The maximum atomic E-state index is 13.9. The van der Waals surface area contributed by atoms with Crippen LogP contribution in [0.5, 0.6) is 0 Å². The van der Waals surface area contributed by atoms with Gasteiger partial charge in [-0.05, 0) is 48.8 Å². The highest BCUT2D eigenvalue weighted by Gasteiger charge is 2.38. The smallest absolute Gasteiger partial charge is 0.246 e. The molecule has 2 aromatic carbocycles. The van der Waals surface area contributed by atoms with Gasteiger partial charge < -0.3 is 60.6 Å². The molecular weight excluding hydrogens is 787 g/mol. The van der Waals surface area contributed by atoms with Gasteiger partial charge in [0.05, 0.1) is 6.04 Å². The van der Waals surface area contributed by atoms with Crippen molar-refractivity contribution < 1.29 is 28.8 Å². The predicted molar refractivity (Wildman–Crippen MR) is 227 cm³/mol. The van der Waals surface area contributed by atoms with Crippen LogP contribution in [-0.4, -0.2) is 113 Å². The summed E-state index contributed by atoms with van der Waals surface area (Å²) in [7, 11) is 0. The minimum atomic E-state index is -1.29. The van der Waals surface area contributed by atoms with E-state index in [9.17, 15) is 28.8 Å². The van der Waals surface area contributed by atoms with Gasteiger partial charge in [-0.3, -0.25) is 38.8 Å². The molecule has 21 heteroatoms. The van der Waals surface area contributed by atoms with E-state index in [0.29, 0.717) is 0 Å². The van der Waals surface area contributed by atoms with Crippen LogP contribution in [-0.2, 0) is 48.2 Å². The minimum Gasteiger partial charge on any atom is -0.370 e. The fourth-order valence-corrected chi connectivity index (χ4v) is 6.69. The molecular formula is C37H55N13O6S2. The second-order valence-corrected chi connectivity index (χ2v) is 14.4. The lowest BCUT2D eigenvalue weighted by Gasteiger charge is -2.37. The zero-order chi connectivity index (χ0) is 42.8. The number of nitrogens with one attached hydrogen (secondary N) is 4. The zero-order valence-electron chi connectivity index (χ0n) is 32.1. The summed E-state index contributed by atoms with van der Waals surface area (Å²) in [5.41, 5.74) is 36.2. The molecule has 0 saturated heterocycles. The largest absolute Gasteiger partial charge is 0.370 e. The Morgan fingerprint density at radius 3 is 1.64 bits per heavy atom. The van der Waals surface area contributed by atoms with Crippen LogP contribution in [0.25, 0.3) is 0 Å². The number of guanidine groups is 2. The Morgan fingerprint density at radius 1 is 0.655 bits per heavy atom. The monoisotopic (exact) mass is 841 g/mol. The van der Waals surface area contributed by atoms with Crippen LogP contribution in [0.15, 0.2) is 64.6 Å². The summed E-state index contributed by atoms with van der Waals surface area (Å²) in [6, 6.07) is 9.59. The lowest BCUT2D eigenvalue weighted by Crippen LogP contribution is -2.61. The molecule has 6 atom stereocenters. The van der Waals surface area contributed by atoms with Crippen LogP contribution in [0.2, 0.25) is 0 Å². The summed E-state index contributed by atoms with van der Waals surface area (Å²) in [6.45, 7) is 0.361. The Kier molecular flexibility index (Phi) is 19.1.